The average Bonchev–Trinajstić information content (AvgIpc) is 2.40. The second-order valence-corrected chi connectivity index (χ2v) is 4.42. The average molecular weight is 266 g/mol. The summed E-state index contributed by atoms with van der Waals surface area (Å²) in [5, 5.41) is 0. The van der Waals surface area contributed by atoms with Crippen LogP contribution in [0.25, 0.3) is 0 Å². The van der Waals surface area contributed by atoms with Crippen LogP contribution >= 0.6 is 0 Å². The Hall–Kier alpha value is -1.39. The van der Waals surface area contributed by atoms with Crippen LogP contribution in [0, 0.1) is 5.92 Å². The number of esters is 1. The minimum absolute atomic E-state index is 0.0749. The summed E-state index contributed by atoms with van der Waals surface area (Å²) < 4.78 is 15.3. The maximum atomic E-state index is 11.4. The van der Waals surface area contributed by atoms with Gasteiger partial charge in [-0.05, 0) is 24.3 Å². The van der Waals surface area contributed by atoms with E-state index in [4.69, 9.17) is 14.2 Å². The molecule has 4 nitrogen and oxygen atoms in total. The SMILES string of the molecule is C=C/C1=C/[C@@H](CC(=O)OC)C/C=C\C[C@H]1OCOC. The number of ether oxygens (including phenoxy) is 3. The van der Waals surface area contributed by atoms with Gasteiger partial charge in [-0.15, -0.1) is 0 Å². The molecule has 106 valence electrons. The Balaban J connectivity index is 2.78. The Morgan fingerprint density at radius 3 is 2.79 bits per heavy atom. The van der Waals surface area contributed by atoms with E-state index in [0.29, 0.717) is 6.42 Å². The Morgan fingerprint density at radius 1 is 1.42 bits per heavy atom. The van der Waals surface area contributed by atoms with Crippen LogP contribution in [0.2, 0.25) is 0 Å². The minimum atomic E-state index is -0.201. The van der Waals surface area contributed by atoms with E-state index >= 15 is 0 Å². The summed E-state index contributed by atoms with van der Waals surface area (Å²) in [5.41, 5.74) is 0.996. The molecule has 0 fully saturated rings. The van der Waals surface area contributed by atoms with Crippen molar-refractivity contribution in [3.8, 4) is 0 Å². The number of hydrogen-bond acceptors (Lipinski definition) is 4. The summed E-state index contributed by atoms with van der Waals surface area (Å²) in [4.78, 5) is 11.4. The minimum Gasteiger partial charge on any atom is -0.469 e. The summed E-state index contributed by atoms with van der Waals surface area (Å²) in [6.07, 6.45) is 9.88. The summed E-state index contributed by atoms with van der Waals surface area (Å²) in [5.74, 6) is -0.0846. The quantitative estimate of drug-likeness (QED) is 0.421. The van der Waals surface area contributed by atoms with E-state index in [0.717, 1.165) is 18.4 Å². The molecule has 0 amide bonds. The Bertz CT molecular complexity index is 357. The molecule has 0 saturated heterocycles. The highest BCUT2D eigenvalue weighted by molar-refractivity contribution is 5.69. The molecule has 4 heteroatoms. The molecule has 1 rings (SSSR count). The van der Waals surface area contributed by atoms with Crippen molar-refractivity contribution >= 4 is 5.97 Å². The molecule has 0 saturated carbocycles. The second-order valence-electron chi connectivity index (χ2n) is 4.42. The highest BCUT2D eigenvalue weighted by Crippen LogP contribution is 2.23. The monoisotopic (exact) mass is 266 g/mol. The van der Waals surface area contributed by atoms with Gasteiger partial charge >= 0.3 is 5.97 Å². The van der Waals surface area contributed by atoms with E-state index in [1.54, 1.807) is 13.2 Å². The van der Waals surface area contributed by atoms with Gasteiger partial charge in [-0.1, -0.05) is 30.9 Å². The summed E-state index contributed by atoms with van der Waals surface area (Å²) in [7, 11) is 3.00. The highest BCUT2D eigenvalue weighted by Gasteiger charge is 2.18. The van der Waals surface area contributed by atoms with Crippen molar-refractivity contribution in [2.45, 2.75) is 25.4 Å². The first kappa shape index (κ1) is 15.7. The molecule has 1 aliphatic rings. The molecule has 0 bridgehead atoms. The van der Waals surface area contributed by atoms with Crippen LogP contribution in [-0.2, 0) is 19.0 Å². The molecule has 0 spiro atoms. The first-order valence-corrected chi connectivity index (χ1v) is 6.37. The first-order valence-electron chi connectivity index (χ1n) is 6.37. The molecule has 0 unspecified atom stereocenters. The fourth-order valence-corrected chi connectivity index (χ4v) is 2.03. The third-order valence-corrected chi connectivity index (χ3v) is 3.03. The smallest absolute Gasteiger partial charge is 0.306 e. The lowest BCUT2D eigenvalue weighted by Crippen LogP contribution is -2.19. The molecule has 0 radical (unpaired) electrons. The van der Waals surface area contributed by atoms with Crippen molar-refractivity contribution in [2.24, 2.45) is 5.92 Å². The Morgan fingerprint density at radius 2 is 2.16 bits per heavy atom. The van der Waals surface area contributed by atoms with E-state index in [1.165, 1.54) is 7.11 Å². The van der Waals surface area contributed by atoms with Crippen LogP contribution in [-0.4, -0.2) is 33.1 Å². The van der Waals surface area contributed by atoms with Gasteiger partial charge in [0.1, 0.15) is 6.79 Å². The zero-order valence-corrected chi connectivity index (χ0v) is 11.6. The van der Waals surface area contributed by atoms with E-state index in [2.05, 4.69) is 18.7 Å². The van der Waals surface area contributed by atoms with E-state index < -0.39 is 0 Å². The molecule has 0 aliphatic heterocycles. The zero-order chi connectivity index (χ0) is 14.1. The van der Waals surface area contributed by atoms with Gasteiger partial charge in [-0.2, -0.15) is 0 Å². The molecular weight excluding hydrogens is 244 g/mol. The Kier molecular flexibility index (Phi) is 7.15. The van der Waals surface area contributed by atoms with Gasteiger partial charge in [0.2, 0.25) is 0 Å². The lowest BCUT2D eigenvalue weighted by atomic mass is 9.92. The molecule has 0 heterocycles. The first-order chi connectivity index (χ1) is 9.21. The van der Waals surface area contributed by atoms with E-state index in [9.17, 15) is 4.79 Å². The van der Waals surface area contributed by atoms with Crippen LogP contribution in [0.4, 0.5) is 0 Å². The lowest BCUT2D eigenvalue weighted by molar-refractivity contribution is -0.141. The van der Waals surface area contributed by atoms with Gasteiger partial charge in [0, 0.05) is 7.11 Å². The zero-order valence-electron chi connectivity index (χ0n) is 11.6. The van der Waals surface area contributed by atoms with Crippen molar-refractivity contribution in [3.05, 3.63) is 36.5 Å². The summed E-state index contributed by atoms with van der Waals surface area (Å²) >= 11 is 0. The number of rotatable bonds is 6. The third kappa shape index (κ3) is 5.41. The normalized spacial score (nSPS) is 27.6. The van der Waals surface area contributed by atoms with Crippen molar-refractivity contribution in [1.82, 2.24) is 0 Å². The summed E-state index contributed by atoms with van der Waals surface area (Å²) in [6, 6.07) is 0. The van der Waals surface area contributed by atoms with Gasteiger partial charge in [-0.25, -0.2) is 0 Å². The lowest BCUT2D eigenvalue weighted by Gasteiger charge is -2.21. The van der Waals surface area contributed by atoms with Gasteiger partial charge in [0.05, 0.1) is 19.6 Å². The van der Waals surface area contributed by atoms with Crippen LogP contribution < -0.4 is 0 Å². The molecule has 0 N–H and O–H groups in total. The molecule has 0 aromatic rings. The fraction of sp³-hybridized carbons (Fsp3) is 0.533. The predicted octanol–water partition coefficient (Wildman–Crippen LogP) is 2.62. The Labute approximate surface area is 114 Å². The fourth-order valence-electron chi connectivity index (χ4n) is 2.03. The predicted molar refractivity (Wildman–Crippen MR) is 73.5 cm³/mol. The van der Waals surface area contributed by atoms with Crippen LogP contribution in [0.3, 0.4) is 0 Å². The molecule has 2 atom stereocenters. The summed E-state index contributed by atoms with van der Waals surface area (Å²) in [6.45, 7) is 4.06. The molecule has 0 aromatic carbocycles. The van der Waals surface area contributed by atoms with E-state index in [-0.39, 0.29) is 24.8 Å². The molecular formula is C15H22O4. The van der Waals surface area contributed by atoms with Crippen molar-refractivity contribution in [2.75, 3.05) is 21.0 Å². The maximum Gasteiger partial charge on any atom is 0.306 e. The largest absolute Gasteiger partial charge is 0.469 e. The van der Waals surface area contributed by atoms with Crippen LogP contribution in [0.1, 0.15) is 19.3 Å². The number of hydrogen-bond donors (Lipinski definition) is 0. The molecule has 0 aromatic heterocycles. The number of carbonyl (C=O) groups excluding carboxylic acids is 1. The van der Waals surface area contributed by atoms with Gasteiger partial charge in [0.25, 0.3) is 0 Å². The molecule has 19 heavy (non-hydrogen) atoms. The van der Waals surface area contributed by atoms with Crippen molar-refractivity contribution in [3.63, 3.8) is 0 Å². The number of allylic oxidation sites excluding steroid dienone is 2. The van der Waals surface area contributed by atoms with Crippen LogP contribution in [0.5, 0.6) is 0 Å². The standard InChI is InChI=1S/C15H22O4/c1-4-13-9-12(10-15(16)18-3)7-5-6-8-14(13)19-11-17-2/h4-6,9,12,14H,1,7-8,10-11H2,2-3H3/b6-5-,13-9-/t12-,14+/m0/s1. The third-order valence-electron chi connectivity index (χ3n) is 3.03. The number of methoxy groups -OCH3 is 2. The second kappa shape index (κ2) is 8.67. The molecule has 1 aliphatic carbocycles. The maximum absolute atomic E-state index is 11.4. The topological polar surface area (TPSA) is 44.8 Å². The van der Waals surface area contributed by atoms with Crippen molar-refractivity contribution in [1.29, 1.82) is 0 Å². The highest BCUT2D eigenvalue weighted by atomic mass is 16.7. The van der Waals surface area contributed by atoms with E-state index in [1.807, 2.05) is 6.08 Å². The van der Waals surface area contributed by atoms with Gasteiger partial charge < -0.3 is 14.2 Å². The number of carbonyl (C=O) groups is 1. The van der Waals surface area contributed by atoms with Crippen molar-refractivity contribution < 1.29 is 19.0 Å². The van der Waals surface area contributed by atoms with Crippen LogP contribution in [0.15, 0.2) is 36.5 Å². The van der Waals surface area contributed by atoms with Gasteiger partial charge in [-0.3, -0.25) is 4.79 Å². The van der Waals surface area contributed by atoms with Gasteiger partial charge in [0.15, 0.2) is 0 Å².